The van der Waals surface area contributed by atoms with Crippen LogP contribution < -0.4 is 16.6 Å². The average molecular weight is 357 g/mol. The summed E-state index contributed by atoms with van der Waals surface area (Å²) in [6.07, 6.45) is 1.48. The Hall–Kier alpha value is -2.06. The molecule has 2 rings (SSSR count). The van der Waals surface area contributed by atoms with E-state index >= 15 is 0 Å². The van der Waals surface area contributed by atoms with Gasteiger partial charge in [0.15, 0.2) is 5.82 Å². The number of hydrazine groups is 1. The number of nitrogens with zero attached hydrogens (tertiary/aromatic N) is 1. The molecule has 4 N–H and O–H groups in total. The number of hydrogen-bond donors (Lipinski definition) is 3. The molecule has 0 aliphatic rings. The van der Waals surface area contributed by atoms with E-state index < -0.39 is 17.5 Å². The van der Waals surface area contributed by atoms with Gasteiger partial charge in [-0.3, -0.25) is 4.79 Å². The Kier molecular flexibility index (Phi) is 4.81. The molecule has 2 aromatic rings. The molecule has 0 unspecified atom stereocenters. The van der Waals surface area contributed by atoms with Gasteiger partial charge in [-0.2, -0.15) is 0 Å². The number of rotatable bonds is 4. The van der Waals surface area contributed by atoms with Gasteiger partial charge in [0.25, 0.3) is 5.91 Å². The Bertz CT molecular complexity index is 681. The lowest BCUT2D eigenvalue weighted by atomic mass is 10.2. The zero-order valence-electron chi connectivity index (χ0n) is 10.7. The molecule has 0 aliphatic carbocycles. The maximum atomic E-state index is 13.5. The van der Waals surface area contributed by atoms with Crippen molar-refractivity contribution >= 4 is 27.7 Å². The normalized spacial score (nSPS) is 10.3. The molecule has 0 radical (unpaired) electrons. The number of carbonyl (C=O) groups excluding carboxylic acids is 1. The highest BCUT2D eigenvalue weighted by Crippen LogP contribution is 2.17. The largest absolute Gasteiger partial charge is 0.348 e. The lowest BCUT2D eigenvalue weighted by Gasteiger charge is -2.10. The van der Waals surface area contributed by atoms with Crippen LogP contribution in [0.1, 0.15) is 15.9 Å². The Labute approximate surface area is 127 Å². The molecule has 110 valence electrons. The molecule has 1 aromatic carbocycles. The minimum atomic E-state index is -0.722. The number of amides is 1. The number of nitrogens with two attached hydrogens (primary N) is 1. The van der Waals surface area contributed by atoms with Gasteiger partial charge in [0.2, 0.25) is 0 Å². The number of nitrogens with one attached hydrogen (secondary N) is 2. The van der Waals surface area contributed by atoms with E-state index in [-0.39, 0.29) is 23.5 Å². The maximum absolute atomic E-state index is 13.5. The summed E-state index contributed by atoms with van der Waals surface area (Å²) in [6, 6.07) is 4.68. The molecule has 1 heterocycles. The molecular weight excluding hydrogens is 346 g/mol. The van der Waals surface area contributed by atoms with E-state index in [2.05, 4.69) is 31.7 Å². The second-order valence-corrected chi connectivity index (χ2v) is 5.03. The molecule has 0 bridgehead atoms. The van der Waals surface area contributed by atoms with Gasteiger partial charge in [0, 0.05) is 28.8 Å². The van der Waals surface area contributed by atoms with Crippen molar-refractivity contribution in [2.45, 2.75) is 6.54 Å². The fraction of sp³-hybridized carbons (Fsp3) is 0.0769. The van der Waals surface area contributed by atoms with E-state index in [1.165, 1.54) is 18.3 Å². The van der Waals surface area contributed by atoms with Crippen LogP contribution in [0.5, 0.6) is 0 Å². The van der Waals surface area contributed by atoms with Crippen molar-refractivity contribution < 1.29 is 13.6 Å². The van der Waals surface area contributed by atoms with Crippen molar-refractivity contribution in [1.82, 2.24) is 10.3 Å². The van der Waals surface area contributed by atoms with Crippen molar-refractivity contribution in [2.75, 3.05) is 5.43 Å². The fourth-order valence-corrected chi connectivity index (χ4v) is 1.99. The summed E-state index contributed by atoms with van der Waals surface area (Å²) in [6.45, 7) is -0.0819. The summed E-state index contributed by atoms with van der Waals surface area (Å²) < 4.78 is 26.9. The molecular formula is C13H11BrF2N4O. The number of nitrogen functional groups attached to an aromatic ring is 1. The Morgan fingerprint density at radius 1 is 1.33 bits per heavy atom. The number of halogens is 3. The first-order chi connectivity index (χ1) is 10.0. The summed E-state index contributed by atoms with van der Waals surface area (Å²) in [7, 11) is 0. The number of anilines is 1. The average Bonchev–Trinajstić information content (AvgIpc) is 2.46. The van der Waals surface area contributed by atoms with Gasteiger partial charge in [0.05, 0.1) is 5.56 Å². The van der Waals surface area contributed by atoms with Gasteiger partial charge < -0.3 is 10.7 Å². The predicted octanol–water partition coefficient (Wildman–Crippen LogP) is 2.34. The lowest BCUT2D eigenvalue weighted by Crippen LogP contribution is -2.25. The van der Waals surface area contributed by atoms with Crippen molar-refractivity contribution in [3.63, 3.8) is 0 Å². The van der Waals surface area contributed by atoms with Crippen molar-refractivity contribution in [1.29, 1.82) is 0 Å². The molecule has 5 nitrogen and oxygen atoms in total. The summed E-state index contributed by atoms with van der Waals surface area (Å²) in [5.41, 5.74) is 2.68. The predicted molar refractivity (Wildman–Crippen MR) is 77.3 cm³/mol. The molecule has 0 spiro atoms. The third-order valence-electron chi connectivity index (χ3n) is 2.69. The smallest absolute Gasteiger partial charge is 0.255 e. The molecule has 0 saturated heterocycles. The van der Waals surface area contributed by atoms with Crippen molar-refractivity contribution in [3.05, 3.63) is 57.7 Å². The van der Waals surface area contributed by atoms with E-state index in [9.17, 15) is 13.6 Å². The number of pyridine rings is 1. The fourth-order valence-electron chi connectivity index (χ4n) is 1.66. The zero-order chi connectivity index (χ0) is 15.4. The van der Waals surface area contributed by atoms with E-state index in [0.717, 1.165) is 12.1 Å². The first-order valence-corrected chi connectivity index (χ1v) is 6.65. The monoisotopic (exact) mass is 356 g/mol. The second-order valence-electron chi connectivity index (χ2n) is 4.11. The van der Waals surface area contributed by atoms with Crippen LogP contribution in [0.2, 0.25) is 0 Å². The molecule has 0 fully saturated rings. The van der Waals surface area contributed by atoms with Crippen LogP contribution in [0, 0.1) is 11.6 Å². The van der Waals surface area contributed by atoms with Crippen LogP contribution in [0.25, 0.3) is 0 Å². The first kappa shape index (κ1) is 15.3. The molecule has 1 aromatic heterocycles. The Morgan fingerprint density at radius 2 is 2.10 bits per heavy atom. The standard InChI is InChI=1S/C13H11BrF2N4O/c14-8-3-10(12(20-17)18-6-8)13(21)19-5-7-1-2-9(15)4-11(7)16/h1-4,6H,5,17H2,(H,18,20)(H,19,21). The van der Waals surface area contributed by atoms with E-state index in [1.54, 1.807) is 0 Å². The van der Waals surface area contributed by atoms with E-state index in [1.807, 2.05) is 0 Å². The summed E-state index contributed by atoms with van der Waals surface area (Å²) in [5, 5.41) is 2.52. The number of carbonyl (C=O) groups is 1. The van der Waals surface area contributed by atoms with Gasteiger partial charge in [-0.15, -0.1) is 0 Å². The molecule has 0 aliphatic heterocycles. The van der Waals surface area contributed by atoms with Gasteiger partial charge in [-0.05, 0) is 28.1 Å². The highest BCUT2D eigenvalue weighted by Gasteiger charge is 2.13. The Balaban J connectivity index is 2.13. The van der Waals surface area contributed by atoms with Gasteiger partial charge in [0.1, 0.15) is 11.6 Å². The summed E-state index contributed by atoms with van der Waals surface area (Å²) >= 11 is 3.20. The SMILES string of the molecule is NNc1ncc(Br)cc1C(=O)NCc1ccc(F)cc1F. The number of benzene rings is 1. The third-order valence-corrected chi connectivity index (χ3v) is 3.12. The van der Waals surface area contributed by atoms with Crippen LogP contribution in [0.15, 0.2) is 34.9 Å². The van der Waals surface area contributed by atoms with Gasteiger partial charge in [-0.1, -0.05) is 6.07 Å². The number of aromatic nitrogens is 1. The lowest BCUT2D eigenvalue weighted by molar-refractivity contribution is 0.0951. The van der Waals surface area contributed by atoms with Gasteiger partial charge in [-0.25, -0.2) is 19.6 Å². The highest BCUT2D eigenvalue weighted by atomic mass is 79.9. The van der Waals surface area contributed by atoms with Gasteiger partial charge >= 0.3 is 0 Å². The minimum absolute atomic E-state index is 0.0819. The first-order valence-electron chi connectivity index (χ1n) is 5.85. The zero-order valence-corrected chi connectivity index (χ0v) is 12.2. The van der Waals surface area contributed by atoms with Crippen LogP contribution in [-0.4, -0.2) is 10.9 Å². The Morgan fingerprint density at radius 3 is 2.76 bits per heavy atom. The molecule has 0 saturated carbocycles. The van der Waals surface area contributed by atoms with Crippen LogP contribution in [-0.2, 0) is 6.54 Å². The summed E-state index contributed by atoms with van der Waals surface area (Å²) in [4.78, 5) is 16.0. The van der Waals surface area contributed by atoms with E-state index in [4.69, 9.17) is 5.84 Å². The molecule has 8 heteroatoms. The molecule has 21 heavy (non-hydrogen) atoms. The minimum Gasteiger partial charge on any atom is -0.348 e. The molecule has 1 amide bonds. The van der Waals surface area contributed by atoms with Crippen molar-refractivity contribution in [3.8, 4) is 0 Å². The third kappa shape index (κ3) is 3.73. The highest BCUT2D eigenvalue weighted by molar-refractivity contribution is 9.10. The van der Waals surface area contributed by atoms with E-state index in [0.29, 0.717) is 4.47 Å². The van der Waals surface area contributed by atoms with Crippen LogP contribution in [0.3, 0.4) is 0 Å². The molecule has 0 atom stereocenters. The summed E-state index contributed by atoms with van der Waals surface area (Å²) in [5.74, 6) is 3.59. The maximum Gasteiger partial charge on any atom is 0.255 e. The quantitative estimate of drug-likeness (QED) is 0.580. The van der Waals surface area contributed by atoms with Crippen molar-refractivity contribution in [2.24, 2.45) is 5.84 Å². The van der Waals surface area contributed by atoms with Crippen LogP contribution >= 0.6 is 15.9 Å². The van der Waals surface area contributed by atoms with Crippen LogP contribution in [0.4, 0.5) is 14.6 Å². The second kappa shape index (κ2) is 6.59. The topological polar surface area (TPSA) is 80.0 Å². The number of hydrogen-bond acceptors (Lipinski definition) is 4.